The van der Waals surface area contributed by atoms with Crippen LogP contribution in [0, 0.1) is 0 Å². The van der Waals surface area contributed by atoms with E-state index in [9.17, 15) is 0 Å². The topological polar surface area (TPSA) is 0 Å². The summed E-state index contributed by atoms with van der Waals surface area (Å²) in [5.74, 6) is 0. The molecule has 20 heavy (non-hydrogen) atoms. The Bertz CT molecular complexity index is 182. The van der Waals surface area contributed by atoms with E-state index in [1.807, 2.05) is 0 Å². The lowest BCUT2D eigenvalue weighted by Crippen LogP contribution is -2.48. The highest BCUT2D eigenvalue weighted by Gasteiger charge is 2.19. The molecule has 0 aliphatic carbocycles. The number of halogens is 1. The molecule has 0 aromatic heterocycles. The zero-order valence-corrected chi connectivity index (χ0v) is 16.0. The average Bonchev–Trinajstić information content (AvgIpc) is 2.49. The largest absolute Gasteiger partial charge is 0.324 e. The molecule has 0 aliphatic rings. The van der Waals surface area contributed by atoms with E-state index in [2.05, 4.69) is 36.7 Å². The molecule has 0 N–H and O–H groups in total. The molecule has 0 saturated carbocycles. The Hall–Kier alpha value is 0.440. The molecule has 0 unspecified atom stereocenters. The lowest BCUT2D eigenvalue weighted by atomic mass is 10.1. The van der Waals surface area contributed by atoms with Crippen LogP contribution in [0.4, 0.5) is 0 Å². The van der Waals surface area contributed by atoms with E-state index in [1.165, 1.54) is 100 Å². The van der Waals surface area contributed by atoms with Gasteiger partial charge in [0.25, 0.3) is 0 Å². The van der Waals surface area contributed by atoms with Gasteiger partial charge in [-0.3, -0.25) is 0 Å². The highest BCUT2D eigenvalue weighted by atomic mass is 79.9. The summed E-state index contributed by atoms with van der Waals surface area (Å²) in [5.41, 5.74) is 0. The third kappa shape index (κ3) is 10.2. The fraction of sp³-hybridized carbons (Fsp3) is 1.00. The van der Waals surface area contributed by atoms with Gasteiger partial charge in [-0.1, -0.05) is 60.9 Å². The van der Waals surface area contributed by atoms with Gasteiger partial charge in [-0.2, -0.15) is 0 Å². The monoisotopic (exact) mass is 348 g/mol. The van der Waals surface area contributed by atoms with Gasteiger partial charge in [0, 0.05) is 5.33 Å². The standard InChI is InChI=1S/C18H39BrN/c1-4-20(5-2,6-3)18-16-14-12-10-8-7-9-11-13-15-17-19/h4-18H2,1-3H3/q+1. The van der Waals surface area contributed by atoms with Crippen molar-refractivity contribution in [2.24, 2.45) is 0 Å². The van der Waals surface area contributed by atoms with Crippen LogP contribution in [0.15, 0.2) is 0 Å². The lowest BCUT2D eigenvalue weighted by Gasteiger charge is -2.35. The Kier molecular flexibility index (Phi) is 14.7. The summed E-state index contributed by atoms with van der Waals surface area (Å²) in [6, 6.07) is 0. The maximum atomic E-state index is 3.50. The summed E-state index contributed by atoms with van der Waals surface area (Å²) in [6.07, 6.45) is 14.4. The third-order valence-electron chi connectivity index (χ3n) is 5.03. The molecule has 0 bridgehead atoms. The summed E-state index contributed by atoms with van der Waals surface area (Å²) in [6.45, 7) is 12.4. The zero-order valence-electron chi connectivity index (χ0n) is 14.4. The number of quaternary nitrogens is 1. The first kappa shape index (κ1) is 20.4. The van der Waals surface area contributed by atoms with Crippen molar-refractivity contribution in [1.29, 1.82) is 0 Å². The molecule has 122 valence electrons. The van der Waals surface area contributed by atoms with Gasteiger partial charge in [0.1, 0.15) is 0 Å². The molecule has 2 heteroatoms. The smallest absolute Gasteiger partial charge is 0.0786 e. The van der Waals surface area contributed by atoms with Crippen LogP contribution >= 0.6 is 15.9 Å². The average molecular weight is 349 g/mol. The number of hydrogen-bond donors (Lipinski definition) is 0. The minimum absolute atomic E-state index is 1.18. The first-order valence-corrected chi connectivity index (χ1v) is 10.3. The summed E-state index contributed by atoms with van der Waals surface area (Å²) in [4.78, 5) is 0. The van der Waals surface area contributed by atoms with Crippen LogP contribution in [0.5, 0.6) is 0 Å². The van der Waals surface area contributed by atoms with Crippen LogP contribution in [0.25, 0.3) is 0 Å². The number of rotatable bonds is 15. The van der Waals surface area contributed by atoms with Crippen LogP contribution in [0.1, 0.15) is 85.0 Å². The Balaban J connectivity index is 3.32. The Labute approximate surface area is 137 Å². The predicted octanol–water partition coefficient (Wildman–Crippen LogP) is 6.16. The van der Waals surface area contributed by atoms with E-state index >= 15 is 0 Å². The zero-order chi connectivity index (χ0) is 15.1. The van der Waals surface area contributed by atoms with E-state index in [0.717, 1.165) is 0 Å². The molecule has 0 amide bonds. The van der Waals surface area contributed by atoms with Crippen molar-refractivity contribution in [2.75, 3.05) is 31.5 Å². The summed E-state index contributed by atoms with van der Waals surface area (Å²) < 4.78 is 1.33. The SMILES string of the molecule is CC[N+](CC)(CC)CCCCCCCCCCCCBr. The van der Waals surface area contributed by atoms with Crippen LogP contribution in [-0.4, -0.2) is 36.0 Å². The predicted molar refractivity (Wildman–Crippen MR) is 96.7 cm³/mol. The number of hydrogen-bond acceptors (Lipinski definition) is 0. The van der Waals surface area contributed by atoms with E-state index < -0.39 is 0 Å². The van der Waals surface area contributed by atoms with Gasteiger partial charge in [-0.15, -0.1) is 0 Å². The second-order valence-corrected chi connectivity index (χ2v) is 7.03. The third-order valence-corrected chi connectivity index (χ3v) is 5.59. The summed E-state index contributed by atoms with van der Waals surface area (Å²) >= 11 is 3.50. The number of alkyl halides is 1. The molecule has 0 saturated heterocycles. The van der Waals surface area contributed by atoms with Crippen molar-refractivity contribution < 1.29 is 4.48 Å². The van der Waals surface area contributed by atoms with Gasteiger partial charge in [-0.25, -0.2) is 0 Å². The fourth-order valence-corrected chi connectivity index (χ4v) is 3.50. The van der Waals surface area contributed by atoms with Gasteiger partial charge >= 0.3 is 0 Å². The van der Waals surface area contributed by atoms with Crippen molar-refractivity contribution in [3.05, 3.63) is 0 Å². The lowest BCUT2D eigenvalue weighted by molar-refractivity contribution is -0.923. The molecule has 0 aliphatic heterocycles. The van der Waals surface area contributed by atoms with Crippen molar-refractivity contribution in [3.63, 3.8) is 0 Å². The van der Waals surface area contributed by atoms with Gasteiger partial charge < -0.3 is 4.48 Å². The van der Waals surface area contributed by atoms with Crippen molar-refractivity contribution >= 4 is 15.9 Å². The molecular formula is C18H39BrN+. The van der Waals surface area contributed by atoms with Crippen LogP contribution in [-0.2, 0) is 0 Å². The first-order chi connectivity index (χ1) is 9.74. The summed E-state index contributed by atoms with van der Waals surface area (Å²) in [5, 5.41) is 1.18. The normalized spacial score (nSPS) is 12.0. The fourth-order valence-electron chi connectivity index (χ4n) is 3.10. The van der Waals surface area contributed by atoms with Gasteiger partial charge in [0.2, 0.25) is 0 Å². The highest BCUT2D eigenvalue weighted by molar-refractivity contribution is 9.09. The van der Waals surface area contributed by atoms with Crippen molar-refractivity contribution in [1.82, 2.24) is 0 Å². The van der Waals surface area contributed by atoms with Crippen LogP contribution in [0.2, 0.25) is 0 Å². The van der Waals surface area contributed by atoms with Crippen molar-refractivity contribution in [2.45, 2.75) is 85.0 Å². The highest BCUT2D eigenvalue weighted by Crippen LogP contribution is 2.13. The molecular weight excluding hydrogens is 310 g/mol. The van der Waals surface area contributed by atoms with Crippen LogP contribution in [0.3, 0.4) is 0 Å². The van der Waals surface area contributed by atoms with Crippen LogP contribution < -0.4 is 0 Å². The molecule has 0 atom stereocenters. The molecule has 1 nitrogen and oxygen atoms in total. The molecule has 0 rings (SSSR count). The molecule has 0 aromatic rings. The first-order valence-electron chi connectivity index (χ1n) is 9.15. The molecule has 0 fully saturated rings. The van der Waals surface area contributed by atoms with E-state index in [-0.39, 0.29) is 0 Å². The van der Waals surface area contributed by atoms with Crippen molar-refractivity contribution in [3.8, 4) is 0 Å². The molecule has 0 aromatic carbocycles. The molecule has 0 radical (unpaired) electrons. The van der Waals surface area contributed by atoms with Gasteiger partial charge in [-0.05, 0) is 40.0 Å². The minimum Gasteiger partial charge on any atom is -0.324 e. The van der Waals surface area contributed by atoms with E-state index in [4.69, 9.17) is 0 Å². The number of nitrogens with zero attached hydrogens (tertiary/aromatic N) is 1. The number of unbranched alkanes of at least 4 members (excludes halogenated alkanes) is 9. The minimum atomic E-state index is 1.18. The maximum Gasteiger partial charge on any atom is 0.0786 e. The Morgan fingerprint density at radius 2 is 0.900 bits per heavy atom. The maximum absolute atomic E-state index is 3.50. The Morgan fingerprint density at radius 1 is 0.550 bits per heavy atom. The second kappa shape index (κ2) is 14.4. The van der Waals surface area contributed by atoms with Gasteiger partial charge in [0.15, 0.2) is 0 Å². The molecule has 0 spiro atoms. The van der Waals surface area contributed by atoms with E-state index in [0.29, 0.717) is 0 Å². The quantitative estimate of drug-likeness (QED) is 0.189. The van der Waals surface area contributed by atoms with E-state index in [1.54, 1.807) is 0 Å². The Morgan fingerprint density at radius 3 is 1.25 bits per heavy atom. The second-order valence-electron chi connectivity index (χ2n) is 6.24. The van der Waals surface area contributed by atoms with Gasteiger partial charge in [0.05, 0.1) is 26.2 Å². The molecule has 0 heterocycles. The summed E-state index contributed by atoms with van der Waals surface area (Å²) in [7, 11) is 0.